The summed E-state index contributed by atoms with van der Waals surface area (Å²) in [4.78, 5) is 8.60. The van der Waals surface area contributed by atoms with E-state index < -0.39 is 77.0 Å². The summed E-state index contributed by atoms with van der Waals surface area (Å²) in [6.07, 6.45) is 0. The minimum Gasteiger partial charge on any atom is -0.338 e. The van der Waals surface area contributed by atoms with Crippen LogP contribution in [0.1, 0.15) is 0 Å². The first-order valence-corrected chi connectivity index (χ1v) is 16.2. The molecular formula is C20H14N4O12S4. The van der Waals surface area contributed by atoms with E-state index in [1.54, 1.807) is 24.3 Å². The molecular weight excluding hydrogens is 617 g/mol. The molecule has 0 unspecified atom stereocenters. The highest BCUT2D eigenvalue weighted by atomic mass is 32.2. The van der Waals surface area contributed by atoms with Crippen molar-refractivity contribution in [1.29, 1.82) is 0 Å². The summed E-state index contributed by atoms with van der Waals surface area (Å²) >= 11 is 0. The van der Waals surface area contributed by atoms with Crippen LogP contribution in [0.3, 0.4) is 0 Å². The van der Waals surface area contributed by atoms with Crippen LogP contribution in [-0.4, -0.2) is 71.8 Å². The van der Waals surface area contributed by atoms with Crippen molar-refractivity contribution in [1.82, 2.24) is 19.9 Å². The second-order valence-corrected chi connectivity index (χ2v) is 13.7. The lowest BCUT2D eigenvalue weighted by molar-refractivity contribution is 0.467. The van der Waals surface area contributed by atoms with Crippen molar-refractivity contribution in [3.05, 3.63) is 48.5 Å². The smallest absolute Gasteiger partial charge is 0.296 e. The first-order chi connectivity index (χ1) is 18.4. The fraction of sp³-hybridized carbons (Fsp3) is 0. The van der Waals surface area contributed by atoms with E-state index in [0.29, 0.717) is 29.2 Å². The van der Waals surface area contributed by atoms with Gasteiger partial charge in [-0.1, -0.05) is 12.1 Å². The molecule has 2 aromatic heterocycles. The number of aromatic amines is 2. The standard InChI is InChI=1S/C20H14N4O12S4/c25-37(26,27)14-6-5-9(19-21-10-3-1-2-4-11(10)22-19)17(18(14)40(34,35)36)20-23-12-7-15(38(28,29)30)16(39(31,32)33)8-13(12)24-20/h1-8H,(H,21,22)(H,23,24)(H,25,26,27)(H,28,29,30)(H,31,32,33)(H,34,35,36). The van der Waals surface area contributed by atoms with E-state index in [1.165, 1.54) is 0 Å². The van der Waals surface area contributed by atoms with Gasteiger partial charge in [0.1, 0.15) is 31.2 Å². The van der Waals surface area contributed by atoms with Crippen LogP contribution in [0.2, 0.25) is 0 Å². The molecule has 6 N–H and O–H groups in total. The van der Waals surface area contributed by atoms with Crippen molar-refractivity contribution in [2.24, 2.45) is 0 Å². The van der Waals surface area contributed by atoms with Crippen LogP contribution in [0.25, 0.3) is 44.8 Å². The quantitative estimate of drug-likeness (QED) is 0.146. The van der Waals surface area contributed by atoms with Crippen molar-refractivity contribution in [2.75, 3.05) is 0 Å². The zero-order valence-corrected chi connectivity index (χ0v) is 22.5. The first-order valence-electron chi connectivity index (χ1n) is 10.4. The van der Waals surface area contributed by atoms with Gasteiger partial charge in [-0.25, -0.2) is 9.97 Å². The van der Waals surface area contributed by atoms with Crippen LogP contribution >= 0.6 is 0 Å². The Labute approximate surface area is 224 Å². The van der Waals surface area contributed by atoms with Crippen LogP contribution < -0.4 is 0 Å². The van der Waals surface area contributed by atoms with Crippen molar-refractivity contribution >= 4 is 62.5 Å². The van der Waals surface area contributed by atoms with E-state index in [4.69, 9.17) is 0 Å². The number of hydrogen-bond donors (Lipinski definition) is 6. The molecule has 0 aliphatic carbocycles. The van der Waals surface area contributed by atoms with Gasteiger partial charge in [0.2, 0.25) is 0 Å². The fourth-order valence-corrected chi connectivity index (χ4v) is 7.86. The zero-order chi connectivity index (χ0) is 29.4. The molecule has 0 aliphatic heterocycles. The highest BCUT2D eigenvalue weighted by Gasteiger charge is 2.33. The van der Waals surface area contributed by atoms with E-state index in [9.17, 15) is 51.9 Å². The summed E-state index contributed by atoms with van der Waals surface area (Å²) in [6, 6.07) is 9.40. The minimum absolute atomic E-state index is 0.0549. The molecule has 0 spiro atoms. The number of benzene rings is 3. The number of hydrogen-bond acceptors (Lipinski definition) is 10. The molecule has 0 atom stereocenters. The molecule has 0 bridgehead atoms. The lowest BCUT2D eigenvalue weighted by Gasteiger charge is -2.13. The van der Waals surface area contributed by atoms with Crippen molar-refractivity contribution in [3.63, 3.8) is 0 Å². The summed E-state index contributed by atoms with van der Waals surface area (Å²) in [5, 5.41) is 0. The monoisotopic (exact) mass is 630 g/mol. The molecule has 16 nitrogen and oxygen atoms in total. The molecule has 0 aliphatic rings. The van der Waals surface area contributed by atoms with E-state index in [-0.39, 0.29) is 16.9 Å². The topological polar surface area (TPSA) is 275 Å². The van der Waals surface area contributed by atoms with E-state index >= 15 is 0 Å². The molecule has 0 radical (unpaired) electrons. The maximum absolute atomic E-state index is 12.5. The van der Waals surface area contributed by atoms with E-state index in [0.717, 1.165) is 6.07 Å². The first kappa shape index (κ1) is 27.8. The Kier molecular flexibility index (Phi) is 6.16. The third kappa shape index (κ3) is 4.86. The minimum atomic E-state index is -5.47. The van der Waals surface area contributed by atoms with Crippen LogP contribution in [0, 0.1) is 0 Å². The van der Waals surface area contributed by atoms with Gasteiger partial charge < -0.3 is 9.97 Å². The normalized spacial score (nSPS) is 13.3. The Morgan fingerprint density at radius 3 is 1.68 bits per heavy atom. The summed E-state index contributed by atoms with van der Waals surface area (Å²) in [5.74, 6) is -0.627. The number of para-hydroxylation sites is 2. The van der Waals surface area contributed by atoms with Crippen molar-refractivity contribution in [2.45, 2.75) is 19.6 Å². The molecule has 20 heteroatoms. The second kappa shape index (κ2) is 8.87. The number of H-pyrrole nitrogens is 2. The third-order valence-electron chi connectivity index (χ3n) is 5.64. The van der Waals surface area contributed by atoms with Crippen molar-refractivity contribution < 1.29 is 51.9 Å². The number of fused-ring (bicyclic) bond motifs is 2. The van der Waals surface area contributed by atoms with Gasteiger partial charge in [-0.3, -0.25) is 18.2 Å². The summed E-state index contributed by atoms with van der Waals surface area (Å²) in [7, 11) is -21.2. The van der Waals surface area contributed by atoms with Gasteiger partial charge in [0.15, 0.2) is 0 Å². The third-order valence-corrected chi connectivity index (χ3v) is 9.52. The molecule has 0 amide bonds. The number of nitrogens with zero attached hydrogens (tertiary/aromatic N) is 2. The fourth-order valence-electron chi connectivity index (χ4n) is 4.07. The Morgan fingerprint density at radius 2 is 1.10 bits per heavy atom. The largest absolute Gasteiger partial charge is 0.338 e. The highest BCUT2D eigenvalue weighted by Crippen LogP contribution is 2.40. The van der Waals surface area contributed by atoms with Crippen LogP contribution in [0.4, 0.5) is 0 Å². The van der Waals surface area contributed by atoms with Gasteiger partial charge in [-0.2, -0.15) is 33.7 Å². The lowest BCUT2D eigenvalue weighted by atomic mass is 10.1. The molecule has 0 saturated heterocycles. The highest BCUT2D eigenvalue weighted by molar-refractivity contribution is 7.89. The average molecular weight is 631 g/mol. The van der Waals surface area contributed by atoms with Crippen LogP contribution in [-0.2, 0) is 40.5 Å². The Balaban J connectivity index is 1.95. The van der Waals surface area contributed by atoms with Gasteiger partial charge in [0, 0.05) is 5.56 Å². The van der Waals surface area contributed by atoms with Gasteiger partial charge in [0.25, 0.3) is 40.5 Å². The Bertz CT molecular complexity index is 2220. The second-order valence-electron chi connectivity index (χ2n) is 8.22. The maximum Gasteiger partial charge on any atom is 0.296 e. The van der Waals surface area contributed by atoms with Gasteiger partial charge in [0.05, 0.1) is 27.6 Å². The SMILES string of the molecule is O=S(=O)(O)c1cc2nc(-c3c(-c4nc5ccccc5[nH]4)ccc(S(=O)(=O)O)c3S(=O)(=O)O)[nH]c2cc1S(=O)(=O)O. The van der Waals surface area contributed by atoms with Gasteiger partial charge >= 0.3 is 0 Å². The number of imidazole rings is 2. The molecule has 210 valence electrons. The Hall–Kier alpha value is -3.76. The number of aromatic nitrogens is 4. The van der Waals surface area contributed by atoms with Gasteiger partial charge in [-0.15, -0.1) is 0 Å². The molecule has 5 aromatic rings. The molecule has 3 aromatic carbocycles. The Morgan fingerprint density at radius 1 is 0.550 bits per heavy atom. The predicted molar refractivity (Wildman–Crippen MR) is 136 cm³/mol. The summed E-state index contributed by atoms with van der Waals surface area (Å²) < 4.78 is 135. The van der Waals surface area contributed by atoms with Gasteiger partial charge in [-0.05, 0) is 36.4 Å². The lowest BCUT2D eigenvalue weighted by Crippen LogP contribution is -2.11. The van der Waals surface area contributed by atoms with E-state index in [2.05, 4.69) is 19.9 Å². The molecule has 2 heterocycles. The predicted octanol–water partition coefficient (Wildman–Crippen LogP) is 1.76. The summed E-state index contributed by atoms with van der Waals surface area (Å²) in [6.45, 7) is 0. The van der Waals surface area contributed by atoms with Crippen LogP contribution in [0.15, 0.2) is 68.1 Å². The zero-order valence-electron chi connectivity index (χ0n) is 19.2. The number of rotatable bonds is 6. The molecule has 0 fully saturated rings. The molecule has 0 saturated carbocycles. The number of nitrogens with one attached hydrogen (secondary N) is 2. The molecule has 5 rings (SSSR count). The van der Waals surface area contributed by atoms with Crippen LogP contribution in [0.5, 0.6) is 0 Å². The average Bonchev–Trinajstić information content (AvgIpc) is 3.43. The van der Waals surface area contributed by atoms with E-state index in [1.807, 2.05) is 0 Å². The van der Waals surface area contributed by atoms with Crippen molar-refractivity contribution in [3.8, 4) is 22.8 Å². The maximum atomic E-state index is 12.5. The molecule has 40 heavy (non-hydrogen) atoms. The summed E-state index contributed by atoms with van der Waals surface area (Å²) in [5.41, 5.74) is -0.713.